The minimum absolute atomic E-state index is 0.0487. The van der Waals surface area contributed by atoms with Gasteiger partial charge < -0.3 is 10.0 Å². The summed E-state index contributed by atoms with van der Waals surface area (Å²) in [7, 11) is -3.72. The van der Waals surface area contributed by atoms with E-state index in [9.17, 15) is 13.5 Å². The highest BCUT2D eigenvalue weighted by Crippen LogP contribution is 2.24. The van der Waals surface area contributed by atoms with Crippen LogP contribution in [0, 0.1) is 6.92 Å². The number of hydrogen-bond donors (Lipinski definition) is 2. The zero-order chi connectivity index (χ0) is 19.8. The van der Waals surface area contributed by atoms with Crippen LogP contribution in [-0.4, -0.2) is 49.0 Å². The Morgan fingerprint density at radius 2 is 1.74 bits per heavy atom. The Morgan fingerprint density at radius 3 is 2.30 bits per heavy atom. The van der Waals surface area contributed by atoms with Crippen molar-refractivity contribution in [2.45, 2.75) is 50.2 Å². The number of rotatable bonds is 4. The van der Waals surface area contributed by atoms with Crippen molar-refractivity contribution in [1.29, 1.82) is 0 Å². The molecule has 1 aliphatic rings. The van der Waals surface area contributed by atoms with Crippen molar-refractivity contribution in [2.24, 2.45) is 0 Å². The summed E-state index contributed by atoms with van der Waals surface area (Å²) in [6.07, 6.45) is -0.822. The summed E-state index contributed by atoms with van der Waals surface area (Å²) in [5.74, 6) is 0.621. The molecule has 2 atom stereocenters. The maximum absolute atomic E-state index is 12.7. The average Bonchev–Trinajstić information content (AvgIpc) is 2.95. The first-order chi connectivity index (χ1) is 12.6. The highest BCUT2D eigenvalue weighted by atomic mass is 32.2. The van der Waals surface area contributed by atoms with Crippen LogP contribution in [0.1, 0.15) is 32.0 Å². The number of sulfonamides is 1. The van der Waals surface area contributed by atoms with E-state index >= 15 is 0 Å². The van der Waals surface area contributed by atoms with E-state index in [0.29, 0.717) is 18.9 Å². The predicted octanol–water partition coefficient (Wildman–Crippen LogP) is 1.61. The number of aryl methyl sites for hydroxylation is 1. The number of aliphatic hydroxyl groups excluding tert-OH is 1. The zero-order valence-electron chi connectivity index (χ0n) is 16.0. The third-order valence-electron chi connectivity index (χ3n) is 4.73. The van der Waals surface area contributed by atoms with Gasteiger partial charge in [0, 0.05) is 13.1 Å². The summed E-state index contributed by atoms with van der Waals surface area (Å²) in [5, 5.41) is 18.4. The number of hydrogen-bond acceptors (Lipinski definition) is 6. The molecule has 27 heavy (non-hydrogen) atoms. The Hall–Kier alpha value is -2.03. The lowest BCUT2D eigenvalue weighted by Crippen LogP contribution is -2.42. The second-order valence-electron chi connectivity index (χ2n) is 8.01. The fourth-order valence-electron chi connectivity index (χ4n) is 3.05. The summed E-state index contributed by atoms with van der Waals surface area (Å²) in [5.41, 5.74) is 1.81. The normalized spacial score (nSPS) is 20.9. The molecule has 146 valence electrons. The summed E-state index contributed by atoms with van der Waals surface area (Å²) >= 11 is 0. The molecule has 2 heterocycles. The zero-order valence-corrected chi connectivity index (χ0v) is 16.9. The van der Waals surface area contributed by atoms with Crippen LogP contribution in [0.3, 0.4) is 0 Å². The van der Waals surface area contributed by atoms with Crippen LogP contribution in [0.4, 0.5) is 5.82 Å². The van der Waals surface area contributed by atoms with Crippen LogP contribution in [0.25, 0.3) is 0 Å². The Morgan fingerprint density at radius 1 is 1.07 bits per heavy atom. The smallest absolute Gasteiger partial charge is 0.240 e. The predicted molar refractivity (Wildman–Crippen MR) is 104 cm³/mol. The van der Waals surface area contributed by atoms with Gasteiger partial charge in [-0.15, -0.1) is 5.10 Å². The molecular weight excluding hydrogens is 364 g/mol. The van der Waals surface area contributed by atoms with Gasteiger partial charge >= 0.3 is 0 Å². The number of nitrogens with zero attached hydrogens (tertiary/aromatic N) is 3. The van der Waals surface area contributed by atoms with Gasteiger partial charge in [0.05, 0.1) is 22.7 Å². The molecule has 8 heteroatoms. The molecule has 0 saturated carbocycles. The van der Waals surface area contributed by atoms with Gasteiger partial charge in [-0.2, -0.15) is 5.10 Å². The quantitative estimate of drug-likeness (QED) is 0.824. The molecule has 3 rings (SSSR count). The maximum atomic E-state index is 12.7. The topological polar surface area (TPSA) is 95.4 Å². The highest BCUT2D eigenvalue weighted by Gasteiger charge is 2.35. The number of benzene rings is 1. The van der Waals surface area contributed by atoms with Gasteiger partial charge in [0.2, 0.25) is 10.0 Å². The molecule has 0 bridgehead atoms. The van der Waals surface area contributed by atoms with E-state index in [-0.39, 0.29) is 10.3 Å². The molecule has 0 aliphatic carbocycles. The molecule has 0 radical (unpaired) electrons. The largest absolute Gasteiger partial charge is 0.390 e. The van der Waals surface area contributed by atoms with E-state index in [2.05, 4.69) is 35.7 Å². The van der Waals surface area contributed by atoms with Gasteiger partial charge in [0.1, 0.15) is 0 Å². The lowest BCUT2D eigenvalue weighted by molar-refractivity contribution is 0.174. The summed E-state index contributed by atoms with van der Waals surface area (Å²) < 4.78 is 28.1. The highest BCUT2D eigenvalue weighted by molar-refractivity contribution is 7.89. The third-order valence-corrected chi connectivity index (χ3v) is 6.24. The van der Waals surface area contributed by atoms with E-state index in [1.807, 2.05) is 36.1 Å². The summed E-state index contributed by atoms with van der Waals surface area (Å²) in [6, 6.07) is 9.91. The molecule has 0 unspecified atom stereocenters. The Labute approximate surface area is 160 Å². The van der Waals surface area contributed by atoms with E-state index < -0.39 is 22.2 Å². The van der Waals surface area contributed by atoms with Crippen molar-refractivity contribution in [3.05, 3.63) is 47.7 Å². The summed E-state index contributed by atoms with van der Waals surface area (Å²) in [6.45, 7) is 8.70. The minimum atomic E-state index is -3.72. The summed E-state index contributed by atoms with van der Waals surface area (Å²) in [4.78, 5) is 2.02. The minimum Gasteiger partial charge on any atom is -0.390 e. The fourth-order valence-corrected chi connectivity index (χ4v) is 4.31. The SMILES string of the molecule is Cc1ccc(N2C[C@@H](O)[C@@H](NS(=O)(=O)c3ccc(C(C)(C)C)cc3)C2)nn1. The molecule has 1 aromatic heterocycles. The van der Waals surface area contributed by atoms with Crippen molar-refractivity contribution >= 4 is 15.8 Å². The second kappa shape index (κ2) is 7.18. The van der Waals surface area contributed by atoms with Gasteiger partial charge in [-0.1, -0.05) is 32.9 Å². The molecule has 2 N–H and O–H groups in total. The fraction of sp³-hybridized carbons (Fsp3) is 0.474. The lowest BCUT2D eigenvalue weighted by Gasteiger charge is -2.20. The van der Waals surface area contributed by atoms with Crippen LogP contribution in [0.5, 0.6) is 0 Å². The molecule has 1 saturated heterocycles. The standard InChI is InChI=1S/C19H26N4O3S/c1-13-5-10-18(21-20-13)23-11-16(17(24)12-23)22-27(25,26)15-8-6-14(7-9-15)19(2,3)4/h5-10,16-17,22,24H,11-12H2,1-4H3/t16-,17+/m0/s1. The Kier molecular flexibility index (Phi) is 5.24. The number of anilines is 1. The monoisotopic (exact) mass is 390 g/mol. The van der Waals surface area contributed by atoms with E-state index in [1.165, 1.54) is 0 Å². The second-order valence-corrected chi connectivity index (χ2v) is 9.72. The first-order valence-electron chi connectivity index (χ1n) is 8.92. The molecule has 0 amide bonds. The molecule has 1 aromatic carbocycles. The Bertz CT molecular complexity index is 890. The lowest BCUT2D eigenvalue weighted by atomic mass is 9.87. The Balaban J connectivity index is 1.73. The molecule has 1 aliphatic heterocycles. The van der Waals surface area contributed by atoms with E-state index in [0.717, 1.165) is 11.3 Å². The van der Waals surface area contributed by atoms with Crippen molar-refractivity contribution in [1.82, 2.24) is 14.9 Å². The maximum Gasteiger partial charge on any atom is 0.240 e. The van der Waals surface area contributed by atoms with Crippen LogP contribution in [-0.2, 0) is 15.4 Å². The molecule has 0 spiro atoms. The van der Waals surface area contributed by atoms with Crippen molar-refractivity contribution in [3.8, 4) is 0 Å². The first-order valence-corrected chi connectivity index (χ1v) is 10.4. The van der Waals surface area contributed by atoms with Crippen molar-refractivity contribution < 1.29 is 13.5 Å². The molecule has 1 fully saturated rings. The number of nitrogens with one attached hydrogen (secondary N) is 1. The number of aliphatic hydroxyl groups is 1. The van der Waals surface area contributed by atoms with Crippen LogP contribution >= 0.6 is 0 Å². The van der Waals surface area contributed by atoms with Crippen LogP contribution in [0.2, 0.25) is 0 Å². The first kappa shape index (κ1) is 19.7. The third kappa shape index (κ3) is 4.45. The number of aromatic nitrogens is 2. The molecular formula is C19H26N4O3S. The van der Waals surface area contributed by atoms with Gasteiger partial charge in [-0.3, -0.25) is 0 Å². The number of β-amino-alcohol motifs (C(OH)–C–C–N with tert-alkyl or cyclic N) is 1. The van der Waals surface area contributed by atoms with Gasteiger partial charge in [0.25, 0.3) is 0 Å². The van der Waals surface area contributed by atoms with E-state index in [1.54, 1.807) is 12.1 Å². The van der Waals surface area contributed by atoms with Gasteiger partial charge in [-0.25, -0.2) is 13.1 Å². The molecule has 7 nitrogen and oxygen atoms in total. The van der Waals surface area contributed by atoms with Gasteiger partial charge in [-0.05, 0) is 42.2 Å². The van der Waals surface area contributed by atoms with E-state index in [4.69, 9.17) is 0 Å². The van der Waals surface area contributed by atoms with Crippen LogP contribution < -0.4 is 9.62 Å². The van der Waals surface area contributed by atoms with Crippen LogP contribution in [0.15, 0.2) is 41.3 Å². The molecule has 2 aromatic rings. The van der Waals surface area contributed by atoms with Crippen molar-refractivity contribution in [2.75, 3.05) is 18.0 Å². The van der Waals surface area contributed by atoms with Crippen molar-refractivity contribution in [3.63, 3.8) is 0 Å². The van der Waals surface area contributed by atoms with Gasteiger partial charge in [0.15, 0.2) is 5.82 Å². The average molecular weight is 391 g/mol.